The third-order valence-corrected chi connectivity index (χ3v) is 13.4. The molecule has 232 valence electrons. The van der Waals surface area contributed by atoms with Crippen molar-refractivity contribution in [2.45, 2.75) is 0 Å². The second kappa shape index (κ2) is 8.12. The van der Waals surface area contributed by atoms with Gasteiger partial charge >= 0.3 is 0 Å². The molecule has 2 heteroatoms. The monoisotopic (exact) mass is 649 g/mol. The fourth-order valence-corrected chi connectivity index (χ4v) is 11.7. The summed E-state index contributed by atoms with van der Waals surface area (Å²) in [4.78, 5) is 2.76. The Kier molecular flexibility index (Phi) is 3.96. The molecule has 0 saturated heterocycles. The van der Waals surface area contributed by atoms with Crippen LogP contribution in [0.1, 0.15) is 0 Å². The normalized spacial score (nSPS) is 14.1. The van der Waals surface area contributed by atoms with Crippen LogP contribution < -0.4 is 21.3 Å². The van der Waals surface area contributed by atoms with E-state index in [1.807, 2.05) is 0 Å². The molecular formula is C50H24BN. The number of hydrogen-bond donors (Lipinski definition) is 0. The Hall–Kier alpha value is -6.64. The summed E-state index contributed by atoms with van der Waals surface area (Å²) in [7, 11) is 0. The lowest BCUT2D eigenvalue weighted by molar-refractivity contribution is 1.30. The highest BCUT2D eigenvalue weighted by atomic mass is 15.2. The van der Waals surface area contributed by atoms with Gasteiger partial charge in [0.2, 0.25) is 6.71 Å². The van der Waals surface area contributed by atoms with Crippen LogP contribution in [0.2, 0.25) is 0 Å². The van der Waals surface area contributed by atoms with Gasteiger partial charge in [-0.2, -0.15) is 0 Å². The van der Waals surface area contributed by atoms with Crippen LogP contribution in [0.15, 0.2) is 146 Å². The SMILES string of the molecule is c1cc2c3c(c1)-c1cccc4cc5c6c(c14)B3c1c3c(cc4cccc-2c14)-c1cccc2c(-c4cccc7ccccc47)c4cccc-5c4c(c12)N36. The standard InChI is InChI=1S/C50H24BN/c1-2-13-28-25(9-1)10-3-14-29(28)42-36-21-6-17-32-38-23-26-11-4-15-30-34-19-8-20-35-31-16-5-12-27-24-39-33-18-7-22-37(42)44(33)50(43(32)36)52-48(38)46(40(26)30)51(45(34)35)47(41(27)31)49(39)52/h1-24H. The first-order valence-corrected chi connectivity index (χ1v) is 18.5. The van der Waals surface area contributed by atoms with Crippen molar-refractivity contribution in [3.63, 3.8) is 0 Å². The highest BCUT2D eigenvalue weighted by Crippen LogP contribution is 2.63. The van der Waals surface area contributed by atoms with Gasteiger partial charge in [0.25, 0.3) is 0 Å². The molecule has 5 aliphatic rings. The Labute approximate surface area is 299 Å². The lowest BCUT2D eigenvalue weighted by atomic mass is 9.29. The molecule has 0 N–H and O–H groups in total. The number of benzene rings is 10. The van der Waals surface area contributed by atoms with Crippen LogP contribution in [-0.4, -0.2) is 6.71 Å². The summed E-state index contributed by atoms with van der Waals surface area (Å²) in [5.74, 6) is 0. The van der Waals surface area contributed by atoms with Gasteiger partial charge in [-0.05, 0) is 111 Å². The van der Waals surface area contributed by atoms with Crippen LogP contribution in [-0.2, 0) is 0 Å². The predicted molar refractivity (Wildman–Crippen MR) is 221 cm³/mol. The van der Waals surface area contributed by atoms with E-state index < -0.39 is 0 Å². The van der Waals surface area contributed by atoms with Gasteiger partial charge in [-0.3, -0.25) is 0 Å². The van der Waals surface area contributed by atoms with Gasteiger partial charge in [-0.1, -0.05) is 139 Å². The molecule has 0 saturated carbocycles. The fourth-order valence-electron chi connectivity index (χ4n) is 11.7. The Morgan fingerprint density at radius 3 is 1.37 bits per heavy atom. The van der Waals surface area contributed by atoms with Gasteiger partial charge in [-0.25, -0.2) is 0 Å². The number of hydrogen-bond acceptors (Lipinski definition) is 1. The second-order valence-corrected chi connectivity index (χ2v) is 15.4. The molecule has 10 aromatic carbocycles. The number of rotatable bonds is 1. The summed E-state index contributed by atoms with van der Waals surface area (Å²) in [6.45, 7) is 0.179. The average Bonchev–Trinajstić information content (AvgIpc) is 3.20. The minimum atomic E-state index is 0.179. The minimum Gasteiger partial charge on any atom is -0.309 e. The lowest BCUT2D eigenvalue weighted by Crippen LogP contribution is -2.62. The molecule has 0 amide bonds. The molecule has 15 rings (SSSR count). The third-order valence-electron chi connectivity index (χ3n) is 13.4. The average molecular weight is 650 g/mol. The molecule has 0 bridgehead atoms. The Balaban J connectivity index is 1.26. The summed E-state index contributed by atoms with van der Waals surface area (Å²) in [5, 5.41) is 13.5. The molecule has 0 spiro atoms. The molecule has 0 unspecified atom stereocenters. The van der Waals surface area contributed by atoms with Crippen molar-refractivity contribution < 1.29 is 0 Å². The van der Waals surface area contributed by atoms with E-state index in [2.05, 4.69) is 150 Å². The molecule has 0 aromatic heterocycles. The van der Waals surface area contributed by atoms with Crippen LogP contribution in [0.4, 0.5) is 17.1 Å². The molecule has 0 aliphatic carbocycles. The topological polar surface area (TPSA) is 3.24 Å². The van der Waals surface area contributed by atoms with E-state index in [0.29, 0.717) is 0 Å². The zero-order valence-electron chi connectivity index (χ0n) is 27.9. The zero-order valence-corrected chi connectivity index (χ0v) is 27.9. The largest absolute Gasteiger partial charge is 0.309 e. The number of anilines is 3. The highest BCUT2D eigenvalue weighted by Gasteiger charge is 2.50. The molecule has 0 fully saturated rings. The van der Waals surface area contributed by atoms with Crippen LogP contribution >= 0.6 is 0 Å². The molecular weight excluding hydrogens is 625 g/mol. The predicted octanol–water partition coefficient (Wildman–Crippen LogP) is 11.3. The Morgan fingerprint density at radius 1 is 0.308 bits per heavy atom. The van der Waals surface area contributed by atoms with E-state index in [1.54, 1.807) is 0 Å². The summed E-state index contributed by atoms with van der Waals surface area (Å²) >= 11 is 0. The van der Waals surface area contributed by atoms with E-state index >= 15 is 0 Å². The van der Waals surface area contributed by atoms with Gasteiger partial charge in [0, 0.05) is 21.9 Å². The quantitative estimate of drug-likeness (QED) is 0.126. The third kappa shape index (κ3) is 2.50. The first kappa shape index (κ1) is 25.3. The van der Waals surface area contributed by atoms with Gasteiger partial charge < -0.3 is 4.90 Å². The Bertz CT molecular complexity index is 3290. The fraction of sp³-hybridized carbons (Fsp3) is 0. The molecule has 0 atom stereocenters. The molecule has 5 aliphatic heterocycles. The molecule has 52 heavy (non-hydrogen) atoms. The molecule has 10 aromatic rings. The van der Waals surface area contributed by atoms with E-state index in [-0.39, 0.29) is 6.71 Å². The maximum atomic E-state index is 2.76. The maximum absolute atomic E-state index is 2.76. The van der Waals surface area contributed by atoms with Gasteiger partial charge in [0.1, 0.15) is 0 Å². The van der Waals surface area contributed by atoms with Crippen molar-refractivity contribution in [1.29, 1.82) is 0 Å². The van der Waals surface area contributed by atoms with Crippen molar-refractivity contribution in [2.75, 3.05) is 4.90 Å². The second-order valence-electron chi connectivity index (χ2n) is 15.4. The molecule has 5 heterocycles. The lowest BCUT2D eigenvalue weighted by Gasteiger charge is -2.49. The van der Waals surface area contributed by atoms with Crippen LogP contribution in [0, 0.1) is 0 Å². The Morgan fingerprint density at radius 2 is 0.750 bits per heavy atom. The van der Waals surface area contributed by atoms with Gasteiger partial charge in [0.05, 0.1) is 17.1 Å². The van der Waals surface area contributed by atoms with Gasteiger partial charge in [-0.15, -0.1) is 0 Å². The van der Waals surface area contributed by atoms with Crippen molar-refractivity contribution in [1.82, 2.24) is 0 Å². The van der Waals surface area contributed by atoms with Crippen molar-refractivity contribution in [3.8, 4) is 55.6 Å². The van der Waals surface area contributed by atoms with Crippen molar-refractivity contribution in [2.24, 2.45) is 0 Å². The zero-order chi connectivity index (χ0) is 33.1. The first-order chi connectivity index (χ1) is 25.8. The molecule has 1 nitrogen and oxygen atoms in total. The number of fused-ring (bicyclic) bond motifs is 5. The van der Waals surface area contributed by atoms with E-state index in [0.717, 1.165) is 0 Å². The van der Waals surface area contributed by atoms with E-state index in [4.69, 9.17) is 0 Å². The summed E-state index contributed by atoms with van der Waals surface area (Å²) in [6, 6.07) is 56.0. The van der Waals surface area contributed by atoms with Crippen LogP contribution in [0.5, 0.6) is 0 Å². The van der Waals surface area contributed by atoms with Crippen LogP contribution in [0.3, 0.4) is 0 Å². The van der Waals surface area contributed by atoms with Crippen LogP contribution in [0.25, 0.3) is 109 Å². The summed E-state index contributed by atoms with van der Waals surface area (Å²) in [5.41, 5.74) is 22.2. The summed E-state index contributed by atoms with van der Waals surface area (Å²) < 4.78 is 0. The van der Waals surface area contributed by atoms with E-state index in [1.165, 1.54) is 143 Å². The minimum absolute atomic E-state index is 0.179. The number of nitrogens with zero attached hydrogens (tertiary/aromatic N) is 1. The highest BCUT2D eigenvalue weighted by molar-refractivity contribution is 7.04. The van der Waals surface area contributed by atoms with Gasteiger partial charge in [0.15, 0.2) is 0 Å². The maximum Gasteiger partial charge on any atom is 0.250 e. The van der Waals surface area contributed by atoms with E-state index in [9.17, 15) is 0 Å². The smallest absolute Gasteiger partial charge is 0.250 e. The van der Waals surface area contributed by atoms with Crippen molar-refractivity contribution in [3.05, 3.63) is 146 Å². The summed E-state index contributed by atoms with van der Waals surface area (Å²) in [6.07, 6.45) is 0. The molecule has 0 radical (unpaired) electrons. The first-order valence-electron chi connectivity index (χ1n) is 18.5. The van der Waals surface area contributed by atoms with Crippen molar-refractivity contribution >= 4 is 94.0 Å².